The molecule has 3 aliphatic rings. The first-order valence-electron chi connectivity index (χ1n) is 29.2. The molecule has 16 atom stereocenters. The normalized spacial score (nSPS) is 26.5. The van der Waals surface area contributed by atoms with Gasteiger partial charge in [0.1, 0.15) is 60.4 Å². The summed E-state index contributed by atoms with van der Waals surface area (Å²) in [7, 11) is 0. The molecule has 0 aromatic heterocycles. The molecule has 0 radical (unpaired) electrons. The number of carbonyl (C=O) groups excluding carboxylic acids is 7. The van der Waals surface area contributed by atoms with E-state index in [1.807, 2.05) is 0 Å². The average molecular weight is 1210 g/mol. The number of aliphatic hydroxyl groups is 7. The van der Waals surface area contributed by atoms with Crippen LogP contribution in [0.1, 0.15) is 143 Å². The fourth-order valence-electron chi connectivity index (χ4n) is 10.2. The highest BCUT2D eigenvalue weighted by Gasteiger charge is 2.49. The van der Waals surface area contributed by atoms with Gasteiger partial charge < -0.3 is 98.9 Å². The zero-order valence-corrected chi connectivity index (χ0v) is 49.7. The van der Waals surface area contributed by atoms with Gasteiger partial charge in [-0.25, -0.2) is 0 Å². The quantitative estimate of drug-likeness (QED) is 0.0482. The maximum absolute atomic E-state index is 14.6. The molecule has 0 spiro atoms. The van der Waals surface area contributed by atoms with E-state index in [1.165, 1.54) is 30.7 Å². The minimum atomic E-state index is -2.28. The molecule has 85 heavy (non-hydrogen) atoms. The number of nitrogens with two attached hydrogens (primary N) is 2. The number of hydrogen-bond donors (Lipinski definition) is 18. The molecule has 1 aromatic rings. The van der Waals surface area contributed by atoms with E-state index < -0.39 is 158 Å². The molecule has 3 fully saturated rings. The van der Waals surface area contributed by atoms with Gasteiger partial charge in [0, 0.05) is 59.3 Å². The number of rotatable bonds is 23. The highest BCUT2D eigenvalue weighted by atomic mass is 16.4. The van der Waals surface area contributed by atoms with Crippen LogP contribution in [0.5, 0.6) is 5.75 Å². The molecule has 29 nitrogen and oxygen atoms in total. The third kappa shape index (κ3) is 25.4. The number of hydrogen-bond acceptors (Lipinski definition) is 20. The van der Waals surface area contributed by atoms with E-state index in [1.54, 1.807) is 0 Å². The van der Waals surface area contributed by atoms with Crippen molar-refractivity contribution in [2.24, 2.45) is 23.3 Å². The fraction of sp³-hybridized carbons (Fsp3) is 0.732. The molecule has 7 amide bonds. The van der Waals surface area contributed by atoms with E-state index in [9.17, 15) is 74.4 Å². The van der Waals surface area contributed by atoms with Crippen molar-refractivity contribution in [2.75, 3.05) is 32.7 Å². The van der Waals surface area contributed by atoms with Gasteiger partial charge in [-0.05, 0) is 68.7 Å². The summed E-state index contributed by atoms with van der Waals surface area (Å²) in [5, 5.41) is 119. The van der Waals surface area contributed by atoms with Gasteiger partial charge in [0.15, 0.2) is 0 Å². The van der Waals surface area contributed by atoms with Gasteiger partial charge in [-0.2, -0.15) is 0 Å². The number of benzene rings is 1. The first-order valence-corrected chi connectivity index (χ1v) is 29.2. The van der Waals surface area contributed by atoms with Gasteiger partial charge >= 0.3 is 0 Å². The second-order valence-electron chi connectivity index (χ2n) is 22.3. The number of carbonyl (C=O) groups is 9. The number of phenols is 1. The van der Waals surface area contributed by atoms with Crippen molar-refractivity contribution in [1.29, 1.82) is 0 Å². The Labute approximate surface area is 496 Å². The predicted molar refractivity (Wildman–Crippen MR) is 307 cm³/mol. The van der Waals surface area contributed by atoms with E-state index in [2.05, 4.69) is 52.7 Å². The number of fused-ring (bicyclic) bond motifs is 2. The summed E-state index contributed by atoms with van der Waals surface area (Å²) < 4.78 is 0. The lowest BCUT2D eigenvalue weighted by molar-refractivity contribution is -0.148. The molecule has 3 saturated heterocycles. The van der Waals surface area contributed by atoms with Crippen LogP contribution in [-0.4, -0.2) is 226 Å². The Bertz CT molecular complexity index is 2270. The number of amides is 7. The summed E-state index contributed by atoms with van der Waals surface area (Å²) in [6.07, 6.45) is -6.95. The average Bonchev–Trinajstić information content (AvgIpc) is 2.52. The van der Waals surface area contributed by atoms with Crippen LogP contribution in [0.25, 0.3) is 0 Å². The largest absolute Gasteiger partial charge is 0.508 e. The monoisotopic (exact) mass is 1210 g/mol. The lowest BCUT2D eigenvalue weighted by Crippen LogP contribution is -2.65. The zero-order valence-electron chi connectivity index (χ0n) is 49.7. The lowest BCUT2D eigenvalue weighted by Gasteiger charge is -2.35. The van der Waals surface area contributed by atoms with Gasteiger partial charge in [0.2, 0.25) is 41.4 Å². The van der Waals surface area contributed by atoms with Crippen molar-refractivity contribution in [1.82, 2.24) is 41.7 Å². The Morgan fingerprint density at radius 2 is 1.25 bits per heavy atom. The number of nitrogens with zero attached hydrogens (tertiary/aromatic N) is 2. The molecule has 0 unspecified atom stereocenters. The third-order valence-corrected chi connectivity index (χ3v) is 14.9. The van der Waals surface area contributed by atoms with Crippen molar-refractivity contribution in [3.8, 4) is 5.75 Å². The molecule has 0 saturated carbocycles. The van der Waals surface area contributed by atoms with Crippen molar-refractivity contribution in [3.63, 3.8) is 0 Å². The Hall–Kier alpha value is -6.15. The number of carboxylic acids is 2. The van der Waals surface area contributed by atoms with E-state index in [0.717, 1.165) is 69.1 Å². The maximum atomic E-state index is 14.6. The summed E-state index contributed by atoms with van der Waals surface area (Å²) in [6.45, 7) is 8.90. The zero-order chi connectivity index (χ0) is 64.2. The van der Waals surface area contributed by atoms with Crippen molar-refractivity contribution < 1.29 is 94.2 Å². The SMILES string of the molecule is CC(=O)O.CC(=O)O.CC[C@@H](C)C[C@@H](C)CCCCCCCCC(=O)N[C@H]1C[C@@H](O)[C@@H](NCCN)NC(=O)[C@@H]2[C@@H](O)CCN2C(=O)[C@@H]([C@@H](O)CCN)NC(=O)[C@H]([C@H](O)[C@@H](O)c2ccc(O)cc2)NC(=O)[C@@H]2C[C@@H](O)CN2C(=O)[C@H]([C@@H](C)O)NC1=O. The van der Waals surface area contributed by atoms with Crippen molar-refractivity contribution in [2.45, 2.75) is 217 Å². The number of phenolic OH excluding ortho intramolecular Hbond substituents is 1. The standard InChI is InChI=1S/C52H88N10O15.2C2H4O2/c1-5-28(2)24-29(3)12-10-8-6-7-9-11-13-39(69)56-34-26-38(68)46(55-22-21-54)60-50(75)43-37(67)19-23-61(43)52(77)41(36(66)18-20-53)58-49(74)42(45(71)44(70)31-14-16-32(64)17-15-31)59-48(73)35-25-33(65)27-62(35)51(76)40(30(4)63)57-47(34)72;2*1-2(3)4/h14-17,28-30,33-38,40-46,55,63-68,70-71H,5-13,18-27,53-54H2,1-4H3,(H,56,69)(H,57,72)(H,58,74)(H,59,73)(H,60,75);2*1H3,(H,3,4)/t28-,29+,30-,33-,34+,35+,36+,37+,38-,40+,41-,42+,43+,44+,45+,46+;;/m1../s1. The second kappa shape index (κ2) is 38.1. The van der Waals surface area contributed by atoms with Crippen LogP contribution in [0, 0.1) is 11.8 Å². The van der Waals surface area contributed by atoms with E-state index in [4.69, 9.17) is 31.3 Å². The van der Waals surface area contributed by atoms with Gasteiger partial charge in [0.05, 0.1) is 30.5 Å². The molecule has 20 N–H and O–H groups in total. The Balaban J connectivity index is 0.00000289. The number of unbranched alkanes of at least 4 members (excludes halogenated alkanes) is 5. The summed E-state index contributed by atoms with van der Waals surface area (Å²) in [4.78, 5) is 120. The molecule has 1 aromatic carbocycles. The molecular formula is C56H96N10O19. The van der Waals surface area contributed by atoms with E-state index >= 15 is 0 Å². The minimum Gasteiger partial charge on any atom is -0.508 e. The third-order valence-electron chi connectivity index (χ3n) is 14.9. The lowest BCUT2D eigenvalue weighted by atomic mass is 9.91. The summed E-state index contributed by atoms with van der Waals surface area (Å²) in [5.41, 5.74) is 11.5. The first-order chi connectivity index (χ1) is 40.0. The van der Waals surface area contributed by atoms with Crippen LogP contribution in [-0.2, 0) is 43.2 Å². The highest BCUT2D eigenvalue weighted by molar-refractivity contribution is 5.98. The van der Waals surface area contributed by atoms with E-state index in [0.29, 0.717) is 24.7 Å². The van der Waals surface area contributed by atoms with Crippen LogP contribution < -0.4 is 43.4 Å². The van der Waals surface area contributed by atoms with Crippen LogP contribution in [0.4, 0.5) is 0 Å². The summed E-state index contributed by atoms with van der Waals surface area (Å²) in [6, 6.07) is -6.40. The van der Waals surface area contributed by atoms with Gasteiger partial charge in [-0.15, -0.1) is 0 Å². The van der Waals surface area contributed by atoms with Gasteiger partial charge in [-0.3, -0.25) is 48.5 Å². The number of aliphatic carboxylic acids is 2. The second-order valence-corrected chi connectivity index (χ2v) is 22.3. The van der Waals surface area contributed by atoms with Crippen LogP contribution in [0.3, 0.4) is 0 Å². The van der Waals surface area contributed by atoms with Crippen LogP contribution >= 0.6 is 0 Å². The Morgan fingerprint density at radius 3 is 1.82 bits per heavy atom. The fourth-order valence-corrected chi connectivity index (χ4v) is 10.2. The van der Waals surface area contributed by atoms with Crippen LogP contribution in [0.15, 0.2) is 24.3 Å². The van der Waals surface area contributed by atoms with Crippen LogP contribution in [0.2, 0.25) is 0 Å². The summed E-state index contributed by atoms with van der Waals surface area (Å²) >= 11 is 0. The van der Waals surface area contributed by atoms with E-state index in [-0.39, 0.29) is 56.8 Å². The molecule has 29 heteroatoms. The molecule has 0 aliphatic carbocycles. The maximum Gasteiger partial charge on any atom is 0.300 e. The topological polar surface area (TPSA) is 487 Å². The number of carboxylic acid groups (broad SMARTS) is 2. The molecule has 3 heterocycles. The Kier molecular flexibility index (Phi) is 33.6. The van der Waals surface area contributed by atoms with Crippen molar-refractivity contribution >= 4 is 53.3 Å². The minimum absolute atomic E-state index is 0.0257. The number of aromatic hydroxyl groups is 1. The molecule has 4 rings (SSSR count). The Morgan fingerprint density at radius 1 is 0.682 bits per heavy atom. The molecule has 484 valence electrons. The molecular weight excluding hydrogens is 1120 g/mol. The number of aliphatic hydroxyl groups excluding tert-OH is 7. The molecule has 3 aliphatic heterocycles. The van der Waals surface area contributed by atoms with Crippen molar-refractivity contribution in [3.05, 3.63) is 29.8 Å². The smallest absolute Gasteiger partial charge is 0.300 e. The number of nitrogens with one attached hydrogen (secondary N) is 6. The predicted octanol–water partition coefficient (Wildman–Crippen LogP) is -3.13. The molecule has 0 bridgehead atoms. The highest BCUT2D eigenvalue weighted by Crippen LogP contribution is 2.27. The van der Waals surface area contributed by atoms with Gasteiger partial charge in [-0.1, -0.05) is 77.8 Å². The first kappa shape index (κ1) is 74.9. The van der Waals surface area contributed by atoms with Gasteiger partial charge in [0.25, 0.3) is 11.9 Å². The summed E-state index contributed by atoms with van der Waals surface area (Å²) in [5.74, 6) is -8.10.